The SMILES string of the molecule is CCN(CC)c1ncc(CC(C)C)c(N[C@@H](Cc2ccc(-c3c(OC)c(C)c[nH]c3=O)cc2)C(=O)O)n1. The topological polar surface area (TPSA) is 120 Å². The van der Waals surface area contributed by atoms with E-state index in [4.69, 9.17) is 9.72 Å². The summed E-state index contributed by atoms with van der Waals surface area (Å²) in [5.41, 5.74) is 3.43. The van der Waals surface area contributed by atoms with Crippen molar-refractivity contribution in [2.45, 2.75) is 53.5 Å². The van der Waals surface area contributed by atoms with Gasteiger partial charge in [0.05, 0.1) is 12.7 Å². The smallest absolute Gasteiger partial charge is 0.326 e. The summed E-state index contributed by atoms with van der Waals surface area (Å²) in [6, 6.07) is 6.41. The van der Waals surface area contributed by atoms with Gasteiger partial charge >= 0.3 is 5.97 Å². The van der Waals surface area contributed by atoms with Crippen LogP contribution in [0.5, 0.6) is 5.75 Å². The van der Waals surface area contributed by atoms with Crippen LogP contribution in [-0.2, 0) is 17.6 Å². The number of ether oxygens (including phenoxy) is 1. The maximum atomic E-state index is 12.5. The third-order valence-corrected chi connectivity index (χ3v) is 6.25. The Morgan fingerprint density at radius 1 is 1.16 bits per heavy atom. The van der Waals surface area contributed by atoms with E-state index in [9.17, 15) is 14.7 Å². The van der Waals surface area contributed by atoms with Crippen LogP contribution in [0.1, 0.15) is 44.4 Å². The largest absolute Gasteiger partial charge is 0.496 e. The number of aromatic amines is 1. The van der Waals surface area contributed by atoms with Gasteiger partial charge in [0.15, 0.2) is 0 Å². The Labute approximate surface area is 217 Å². The molecule has 1 atom stereocenters. The van der Waals surface area contributed by atoms with Crippen molar-refractivity contribution in [2.24, 2.45) is 5.92 Å². The molecule has 0 aliphatic rings. The zero-order chi connectivity index (χ0) is 27.1. The minimum atomic E-state index is -0.973. The fourth-order valence-electron chi connectivity index (χ4n) is 4.32. The molecule has 0 aliphatic heterocycles. The van der Waals surface area contributed by atoms with Gasteiger partial charge in [0.25, 0.3) is 5.56 Å². The number of nitrogens with zero attached hydrogens (tertiary/aromatic N) is 3. The molecule has 0 bridgehead atoms. The van der Waals surface area contributed by atoms with Crippen molar-refractivity contribution in [3.05, 3.63) is 63.7 Å². The van der Waals surface area contributed by atoms with Crippen LogP contribution < -0.4 is 20.5 Å². The summed E-state index contributed by atoms with van der Waals surface area (Å²) in [5.74, 6) is 1.03. The van der Waals surface area contributed by atoms with Gasteiger partial charge in [-0.25, -0.2) is 9.78 Å². The third-order valence-electron chi connectivity index (χ3n) is 6.25. The maximum absolute atomic E-state index is 12.5. The van der Waals surface area contributed by atoms with E-state index in [0.717, 1.165) is 36.2 Å². The lowest BCUT2D eigenvalue weighted by Gasteiger charge is -2.23. The minimum Gasteiger partial charge on any atom is -0.496 e. The van der Waals surface area contributed by atoms with E-state index in [2.05, 4.69) is 29.1 Å². The van der Waals surface area contributed by atoms with Crippen LogP contribution in [0.2, 0.25) is 0 Å². The van der Waals surface area contributed by atoms with Gasteiger partial charge in [-0.3, -0.25) is 4.79 Å². The van der Waals surface area contributed by atoms with E-state index in [1.165, 1.54) is 7.11 Å². The first-order valence-electron chi connectivity index (χ1n) is 12.6. The number of benzene rings is 1. The van der Waals surface area contributed by atoms with Crippen LogP contribution in [0.25, 0.3) is 11.1 Å². The van der Waals surface area contributed by atoms with E-state index in [0.29, 0.717) is 34.6 Å². The van der Waals surface area contributed by atoms with Crippen molar-refractivity contribution in [3.8, 4) is 16.9 Å². The molecular formula is C28H37N5O4. The molecule has 0 saturated carbocycles. The van der Waals surface area contributed by atoms with E-state index in [1.54, 1.807) is 12.4 Å². The first-order valence-corrected chi connectivity index (χ1v) is 12.6. The molecule has 9 heteroatoms. The van der Waals surface area contributed by atoms with Crippen molar-refractivity contribution in [1.29, 1.82) is 0 Å². The molecule has 0 spiro atoms. The highest BCUT2D eigenvalue weighted by molar-refractivity contribution is 5.78. The quantitative estimate of drug-likeness (QED) is 0.332. The van der Waals surface area contributed by atoms with Crippen LogP contribution >= 0.6 is 0 Å². The zero-order valence-electron chi connectivity index (χ0n) is 22.5. The Kier molecular flexibility index (Phi) is 9.27. The molecule has 0 radical (unpaired) electrons. The number of rotatable bonds is 12. The van der Waals surface area contributed by atoms with Gasteiger partial charge in [-0.2, -0.15) is 4.98 Å². The van der Waals surface area contributed by atoms with Gasteiger partial charge in [0, 0.05) is 43.0 Å². The van der Waals surface area contributed by atoms with Crippen molar-refractivity contribution >= 4 is 17.7 Å². The van der Waals surface area contributed by atoms with E-state index < -0.39 is 12.0 Å². The molecule has 2 heterocycles. The zero-order valence-corrected chi connectivity index (χ0v) is 22.5. The second-order valence-electron chi connectivity index (χ2n) is 9.46. The maximum Gasteiger partial charge on any atom is 0.326 e. The van der Waals surface area contributed by atoms with Crippen LogP contribution in [0.15, 0.2) is 41.5 Å². The van der Waals surface area contributed by atoms with Crippen molar-refractivity contribution < 1.29 is 14.6 Å². The molecule has 3 aromatic rings. The molecule has 1 aromatic carbocycles. The van der Waals surface area contributed by atoms with Crippen LogP contribution in [0.4, 0.5) is 11.8 Å². The summed E-state index contributed by atoms with van der Waals surface area (Å²) in [6.45, 7) is 11.6. The number of aromatic nitrogens is 3. The number of hydrogen-bond acceptors (Lipinski definition) is 7. The molecule has 9 nitrogen and oxygen atoms in total. The number of hydrogen-bond donors (Lipinski definition) is 3. The van der Waals surface area contributed by atoms with E-state index in [1.807, 2.05) is 49.9 Å². The Balaban J connectivity index is 1.89. The lowest BCUT2D eigenvalue weighted by molar-refractivity contribution is -0.137. The predicted molar refractivity (Wildman–Crippen MR) is 147 cm³/mol. The van der Waals surface area contributed by atoms with Crippen LogP contribution in [0, 0.1) is 12.8 Å². The number of pyridine rings is 1. The first kappa shape index (κ1) is 27.7. The first-order chi connectivity index (χ1) is 17.7. The number of anilines is 2. The van der Waals surface area contributed by atoms with E-state index in [-0.39, 0.29) is 12.0 Å². The average Bonchev–Trinajstić information content (AvgIpc) is 2.87. The molecule has 3 N–H and O–H groups in total. The molecular weight excluding hydrogens is 470 g/mol. The molecule has 0 fully saturated rings. The fourth-order valence-corrected chi connectivity index (χ4v) is 4.32. The molecule has 2 aromatic heterocycles. The summed E-state index contributed by atoms with van der Waals surface area (Å²) in [7, 11) is 1.54. The highest BCUT2D eigenvalue weighted by Crippen LogP contribution is 2.29. The van der Waals surface area contributed by atoms with Crippen LogP contribution in [0.3, 0.4) is 0 Å². The number of methoxy groups -OCH3 is 1. The number of nitrogens with one attached hydrogen (secondary N) is 2. The Bertz CT molecular complexity index is 1270. The van der Waals surface area contributed by atoms with Crippen LogP contribution in [-0.4, -0.2) is 52.3 Å². The Morgan fingerprint density at radius 2 is 1.84 bits per heavy atom. The van der Waals surface area contributed by atoms with Gasteiger partial charge < -0.3 is 25.0 Å². The Hall–Kier alpha value is -3.88. The third kappa shape index (κ3) is 6.67. The molecule has 0 unspecified atom stereocenters. The summed E-state index contributed by atoms with van der Waals surface area (Å²) >= 11 is 0. The fraction of sp³-hybridized carbons (Fsp3) is 0.429. The number of aliphatic carboxylic acids is 1. The lowest BCUT2D eigenvalue weighted by atomic mass is 9.99. The predicted octanol–water partition coefficient (Wildman–Crippen LogP) is 4.30. The summed E-state index contributed by atoms with van der Waals surface area (Å²) in [4.78, 5) is 38.7. The number of H-pyrrole nitrogens is 1. The van der Waals surface area contributed by atoms with Gasteiger partial charge in [-0.05, 0) is 44.2 Å². The molecule has 0 aliphatic carbocycles. The highest BCUT2D eigenvalue weighted by Gasteiger charge is 2.22. The standard InChI is InChI=1S/C28H37N5O4/c1-7-33(8-2)28-30-16-21(13-17(3)4)25(32-28)31-22(27(35)36)14-19-9-11-20(12-10-19)23-24(37-6)18(5)15-29-26(23)34/h9-12,15-17,22H,7-8,13-14H2,1-6H3,(H,29,34)(H,35,36)(H,30,31,32)/t22-/m0/s1. The van der Waals surface area contributed by atoms with E-state index >= 15 is 0 Å². The number of carboxylic acid groups (broad SMARTS) is 1. The molecule has 0 saturated heterocycles. The van der Waals surface area contributed by atoms with Crippen molar-refractivity contribution in [2.75, 3.05) is 30.4 Å². The Morgan fingerprint density at radius 3 is 2.41 bits per heavy atom. The van der Waals surface area contributed by atoms with Gasteiger partial charge in [-0.1, -0.05) is 38.1 Å². The molecule has 198 valence electrons. The summed E-state index contributed by atoms with van der Waals surface area (Å²) < 4.78 is 5.46. The number of carbonyl (C=O) groups is 1. The highest BCUT2D eigenvalue weighted by atomic mass is 16.5. The summed E-state index contributed by atoms with van der Waals surface area (Å²) in [6.07, 6.45) is 4.38. The lowest BCUT2D eigenvalue weighted by Crippen LogP contribution is -2.33. The molecule has 0 amide bonds. The number of aryl methyl sites for hydroxylation is 1. The monoisotopic (exact) mass is 507 g/mol. The normalized spacial score (nSPS) is 11.9. The molecule has 37 heavy (non-hydrogen) atoms. The molecule has 3 rings (SSSR count). The van der Waals surface area contributed by atoms with Gasteiger partial charge in [-0.15, -0.1) is 0 Å². The van der Waals surface area contributed by atoms with Gasteiger partial charge in [0.1, 0.15) is 17.6 Å². The number of carboxylic acids is 1. The van der Waals surface area contributed by atoms with Crippen molar-refractivity contribution in [3.63, 3.8) is 0 Å². The second kappa shape index (κ2) is 12.4. The summed E-state index contributed by atoms with van der Waals surface area (Å²) in [5, 5.41) is 13.2. The second-order valence-corrected chi connectivity index (χ2v) is 9.46. The average molecular weight is 508 g/mol. The van der Waals surface area contributed by atoms with Crippen molar-refractivity contribution in [1.82, 2.24) is 15.0 Å². The minimum absolute atomic E-state index is 0.239. The van der Waals surface area contributed by atoms with Gasteiger partial charge in [0.2, 0.25) is 5.95 Å².